The predicted octanol–water partition coefficient (Wildman–Crippen LogP) is 3.14. The number of rotatable bonds is 3. The lowest BCUT2D eigenvalue weighted by Crippen LogP contribution is -2.19. The quantitative estimate of drug-likeness (QED) is 0.787. The van der Waals surface area contributed by atoms with Crippen LogP contribution in [0.15, 0.2) is 12.1 Å². The Bertz CT molecular complexity index is 275. The highest BCUT2D eigenvalue weighted by Gasteiger charge is 2.27. The van der Waals surface area contributed by atoms with Crippen LogP contribution in [0.25, 0.3) is 0 Å². The Labute approximate surface area is 83.4 Å². The maximum Gasteiger partial charge on any atom is 0.0910 e. The van der Waals surface area contributed by atoms with Gasteiger partial charge in [0.15, 0.2) is 0 Å². The number of thiophene rings is 1. The van der Waals surface area contributed by atoms with E-state index in [1.54, 1.807) is 11.3 Å². The minimum Gasteiger partial charge on any atom is -0.387 e. The molecule has 2 heteroatoms. The molecule has 1 aliphatic rings. The first-order chi connectivity index (χ1) is 6.31. The largest absolute Gasteiger partial charge is 0.387 e. The van der Waals surface area contributed by atoms with Gasteiger partial charge in [0.25, 0.3) is 0 Å². The normalized spacial score (nSPS) is 19.8. The summed E-state index contributed by atoms with van der Waals surface area (Å²) in [5.41, 5.74) is 0. The summed E-state index contributed by atoms with van der Waals surface area (Å²) in [4.78, 5) is 2.55. The van der Waals surface area contributed by atoms with E-state index in [1.165, 1.54) is 29.0 Å². The van der Waals surface area contributed by atoms with Gasteiger partial charge in [-0.25, -0.2) is 0 Å². The van der Waals surface area contributed by atoms with E-state index >= 15 is 0 Å². The lowest BCUT2D eigenvalue weighted by atomic mass is 9.81. The van der Waals surface area contributed by atoms with Gasteiger partial charge in [-0.2, -0.15) is 0 Å². The monoisotopic (exact) mass is 196 g/mol. The van der Waals surface area contributed by atoms with Crippen molar-refractivity contribution in [2.75, 3.05) is 0 Å². The second-order valence-corrected chi connectivity index (χ2v) is 4.99. The molecule has 0 aliphatic heterocycles. The van der Waals surface area contributed by atoms with Crippen LogP contribution < -0.4 is 0 Å². The highest BCUT2D eigenvalue weighted by Crippen LogP contribution is 2.39. The van der Waals surface area contributed by atoms with E-state index in [4.69, 9.17) is 0 Å². The average molecular weight is 196 g/mol. The maximum absolute atomic E-state index is 9.96. The van der Waals surface area contributed by atoms with E-state index in [1.807, 2.05) is 0 Å². The molecule has 1 aromatic heterocycles. The van der Waals surface area contributed by atoms with Crippen LogP contribution in [0.5, 0.6) is 0 Å². The molecule has 1 nitrogen and oxygen atoms in total. The molecular weight excluding hydrogens is 180 g/mol. The average Bonchev–Trinajstić information content (AvgIpc) is 2.48. The van der Waals surface area contributed by atoms with E-state index in [9.17, 15) is 5.11 Å². The van der Waals surface area contributed by atoms with Crippen molar-refractivity contribution in [2.24, 2.45) is 5.92 Å². The molecular formula is C11H16OS. The second kappa shape index (κ2) is 3.81. The molecule has 0 saturated heterocycles. The van der Waals surface area contributed by atoms with Gasteiger partial charge in [0.2, 0.25) is 0 Å². The lowest BCUT2D eigenvalue weighted by Gasteiger charge is -2.29. The van der Waals surface area contributed by atoms with Crippen molar-refractivity contribution in [1.82, 2.24) is 0 Å². The Balaban J connectivity index is 2.05. The molecule has 13 heavy (non-hydrogen) atoms. The number of hydrogen-bond donors (Lipinski definition) is 1. The summed E-state index contributed by atoms with van der Waals surface area (Å²) in [5, 5.41) is 9.96. The number of aryl methyl sites for hydroxylation is 1. The minimum absolute atomic E-state index is 0.181. The topological polar surface area (TPSA) is 20.2 Å². The van der Waals surface area contributed by atoms with Crippen molar-refractivity contribution in [3.05, 3.63) is 21.9 Å². The third kappa shape index (κ3) is 1.79. The first-order valence-corrected chi connectivity index (χ1v) is 5.89. The van der Waals surface area contributed by atoms with Crippen molar-refractivity contribution < 1.29 is 5.11 Å². The first kappa shape index (κ1) is 9.22. The Morgan fingerprint density at radius 3 is 2.77 bits per heavy atom. The lowest BCUT2D eigenvalue weighted by molar-refractivity contribution is 0.0650. The molecule has 72 valence electrons. The molecule has 0 radical (unpaired) electrons. The van der Waals surface area contributed by atoms with Gasteiger partial charge < -0.3 is 5.11 Å². The number of aliphatic hydroxyl groups excluding tert-OH is 1. The van der Waals surface area contributed by atoms with Crippen molar-refractivity contribution in [2.45, 2.75) is 38.7 Å². The molecule has 0 aromatic carbocycles. The summed E-state index contributed by atoms with van der Waals surface area (Å²) in [6.45, 7) is 2.16. The fourth-order valence-electron chi connectivity index (χ4n) is 1.73. The van der Waals surface area contributed by atoms with Gasteiger partial charge in [0, 0.05) is 9.75 Å². The molecule has 1 atom stereocenters. The second-order valence-electron chi connectivity index (χ2n) is 3.79. The Morgan fingerprint density at radius 1 is 1.54 bits per heavy atom. The van der Waals surface area contributed by atoms with Gasteiger partial charge in [-0.1, -0.05) is 13.3 Å². The smallest absolute Gasteiger partial charge is 0.0910 e. The van der Waals surface area contributed by atoms with Crippen LogP contribution in [0, 0.1) is 5.92 Å². The Hall–Kier alpha value is -0.340. The highest BCUT2D eigenvalue weighted by molar-refractivity contribution is 7.12. The zero-order chi connectivity index (χ0) is 9.26. The third-order valence-corrected chi connectivity index (χ3v) is 4.22. The molecule has 1 unspecified atom stereocenters. The van der Waals surface area contributed by atoms with Gasteiger partial charge >= 0.3 is 0 Å². The zero-order valence-corrected chi connectivity index (χ0v) is 8.81. The highest BCUT2D eigenvalue weighted by atomic mass is 32.1. The third-order valence-electron chi connectivity index (χ3n) is 2.92. The molecule has 1 heterocycles. The fraction of sp³-hybridized carbons (Fsp3) is 0.636. The molecule has 1 aliphatic carbocycles. The molecule has 1 N–H and O–H groups in total. The zero-order valence-electron chi connectivity index (χ0n) is 7.99. The molecule has 2 rings (SSSR count). The molecule has 0 bridgehead atoms. The molecule has 1 aromatic rings. The van der Waals surface area contributed by atoms with Crippen molar-refractivity contribution >= 4 is 11.3 Å². The van der Waals surface area contributed by atoms with E-state index in [0.29, 0.717) is 5.92 Å². The van der Waals surface area contributed by atoms with Gasteiger partial charge in [0.05, 0.1) is 6.10 Å². The minimum atomic E-state index is -0.181. The van der Waals surface area contributed by atoms with Crippen LogP contribution in [0.1, 0.15) is 42.0 Å². The summed E-state index contributed by atoms with van der Waals surface area (Å²) in [5.74, 6) is 0.545. The van der Waals surface area contributed by atoms with E-state index in [0.717, 1.165) is 6.42 Å². The molecule has 1 saturated carbocycles. The SMILES string of the molecule is CCc1ccc(C(O)C2CCC2)s1. The standard InChI is InChI=1S/C11H16OS/c1-2-9-6-7-10(13-9)11(12)8-4-3-5-8/h6-8,11-12H,2-5H2,1H3. The fourth-order valence-corrected chi connectivity index (χ4v) is 2.76. The van der Waals surface area contributed by atoms with Crippen molar-refractivity contribution in [3.8, 4) is 0 Å². The van der Waals surface area contributed by atoms with Crippen LogP contribution in [0.4, 0.5) is 0 Å². The van der Waals surface area contributed by atoms with Gasteiger partial charge in [-0.3, -0.25) is 0 Å². The molecule has 1 fully saturated rings. The van der Waals surface area contributed by atoms with E-state index < -0.39 is 0 Å². The Morgan fingerprint density at radius 2 is 2.31 bits per heavy atom. The number of aliphatic hydroxyl groups is 1. The van der Waals surface area contributed by atoms with E-state index in [2.05, 4.69) is 19.1 Å². The summed E-state index contributed by atoms with van der Waals surface area (Å²) in [6.07, 6.45) is 4.62. The molecule has 0 spiro atoms. The summed E-state index contributed by atoms with van der Waals surface area (Å²) in [6, 6.07) is 4.23. The van der Waals surface area contributed by atoms with Gasteiger partial charge in [-0.05, 0) is 37.3 Å². The van der Waals surface area contributed by atoms with Gasteiger partial charge in [0.1, 0.15) is 0 Å². The summed E-state index contributed by atoms with van der Waals surface area (Å²) >= 11 is 1.77. The van der Waals surface area contributed by atoms with E-state index in [-0.39, 0.29) is 6.10 Å². The summed E-state index contributed by atoms with van der Waals surface area (Å²) < 4.78 is 0. The maximum atomic E-state index is 9.96. The first-order valence-electron chi connectivity index (χ1n) is 5.08. The Kier molecular flexibility index (Phi) is 2.70. The van der Waals surface area contributed by atoms with Crippen LogP contribution in [0.3, 0.4) is 0 Å². The van der Waals surface area contributed by atoms with Crippen LogP contribution in [0.2, 0.25) is 0 Å². The van der Waals surface area contributed by atoms with Crippen LogP contribution in [-0.4, -0.2) is 5.11 Å². The predicted molar refractivity (Wildman–Crippen MR) is 56.0 cm³/mol. The van der Waals surface area contributed by atoms with Crippen LogP contribution in [-0.2, 0) is 6.42 Å². The molecule has 0 amide bonds. The van der Waals surface area contributed by atoms with Crippen LogP contribution >= 0.6 is 11.3 Å². The number of hydrogen-bond acceptors (Lipinski definition) is 2. The summed E-state index contributed by atoms with van der Waals surface area (Å²) in [7, 11) is 0. The van der Waals surface area contributed by atoms with Crippen molar-refractivity contribution in [1.29, 1.82) is 0 Å². The van der Waals surface area contributed by atoms with Crippen molar-refractivity contribution in [3.63, 3.8) is 0 Å². The van der Waals surface area contributed by atoms with Gasteiger partial charge in [-0.15, -0.1) is 11.3 Å².